The molecule has 0 bridgehead atoms. The minimum Gasteiger partial charge on any atom is -0.383 e. The normalized spacial score (nSPS) is 18.9. The summed E-state index contributed by atoms with van der Waals surface area (Å²) in [6.45, 7) is 2.38. The highest BCUT2D eigenvalue weighted by Gasteiger charge is 2.26. The zero-order valence-corrected chi connectivity index (χ0v) is 10.2. The number of ether oxygens (including phenoxy) is 1. The number of hydrogen-bond donors (Lipinski definition) is 1. The highest BCUT2D eigenvalue weighted by molar-refractivity contribution is 5.60. The summed E-state index contributed by atoms with van der Waals surface area (Å²) in [7, 11) is 0. The molecule has 1 saturated heterocycles. The standard InChI is InChI=1S/C13H14N4O/c1-8-9(6-14)12(10(7-15)13(16)17-8)11-4-2-3-5-18-11/h11H,2-5H2,1H3,(H2,16,17). The summed E-state index contributed by atoms with van der Waals surface area (Å²) in [5, 5.41) is 18.5. The molecule has 2 heterocycles. The van der Waals surface area contributed by atoms with E-state index in [0.29, 0.717) is 23.4 Å². The van der Waals surface area contributed by atoms with Gasteiger partial charge in [-0.15, -0.1) is 0 Å². The van der Waals surface area contributed by atoms with E-state index < -0.39 is 0 Å². The fourth-order valence-corrected chi connectivity index (χ4v) is 2.30. The molecular weight excluding hydrogens is 228 g/mol. The largest absolute Gasteiger partial charge is 0.383 e. The lowest BCUT2D eigenvalue weighted by atomic mass is 9.93. The lowest BCUT2D eigenvalue weighted by molar-refractivity contribution is 0.0146. The average molecular weight is 242 g/mol. The van der Waals surface area contributed by atoms with Crippen molar-refractivity contribution in [2.75, 3.05) is 12.3 Å². The molecule has 0 radical (unpaired) electrons. The van der Waals surface area contributed by atoms with E-state index in [1.807, 2.05) is 6.07 Å². The van der Waals surface area contributed by atoms with Gasteiger partial charge in [-0.05, 0) is 26.2 Å². The van der Waals surface area contributed by atoms with Crippen LogP contribution in [0.2, 0.25) is 0 Å². The molecule has 0 saturated carbocycles. The van der Waals surface area contributed by atoms with Gasteiger partial charge in [0, 0.05) is 12.2 Å². The first-order valence-electron chi connectivity index (χ1n) is 5.90. The van der Waals surface area contributed by atoms with Gasteiger partial charge in [-0.1, -0.05) is 0 Å². The van der Waals surface area contributed by atoms with Crippen molar-refractivity contribution in [2.45, 2.75) is 32.3 Å². The Kier molecular flexibility index (Phi) is 3.45. The second-order valence-electron chi connectivity index (χ2n) is 4.32. The van der Waals surface area contributed by atoms with Crippen LogP contribution in [0.1, 0.15) is 47.8 Å². The number of hydrogen-bond acceptors (Lipinski definition) is 5. The smallest absolute Gasteiger partial charge is 0.142 e. The summed E-state index contributed by atoms with van der Waals surface area (Å²) in [6, 6.07) is 4.16. The van der Waals surface area contributed by atoms with Crippen LogP contribution < -0.4 is 5.73 Å². The minimum atomic E-state index is -0.216. The van der Waals surface area contributed by atoms with Crippen LogP contribution in [0.5, 0.6) is 0 Å². The van der Waals surface area contributed by atoms with Crippen LogP contribution in [0.4, 0.5) is 5.82 Å². The summed E-state index contributed by atoms with van der Waals surface area (Å²) >= 11 is 0. The molecule has 1 fully saturated rings. The average Bonchev–Trinajstić information content (AvgIpc) is 2.39. The van der Waals surface area contributed by atoms with E-state index in [0.717, 1.165) is 19.3 Å². The van der Waals surface area contributed by atoms with Crippen molar-refractivity contribution < 1.29 is 4.74 Å². The maximum Gasteiger partial charge on any atom is 0.142 e. The molecule has 2 rings (SSSR count). The van der Waals surface area contributed by atoms with Crippen molar-refractivity contribution in [3.05, 3.63) is 22.4 Å². The zero-order chi connectivity index (χ0) is 13.1. The number of anilines is 1. The van der Waals surface area contributed by atoms with Gasteiger partial charge in [-0.2, -0.15) is 10.5 Å². The van der Waals surface area contributed by atoms with Crippen LogP contribution in [-0.4, -0.2) is 11.6 Å². The molecular formula is C13H14N4O. The number of pyridine rings is 1. The zero-order valence-electron chi connectivity index (χ0n) is 10.2. The number of nitrogens with zero attached hydrogens (tertiary/aromatic N) is 3. The van der Waals surface area contributed by atoms with E-state index in [1.165, 1.54) is 0 Å². The van der Waals surface area contributed by atoms with E-state index >= 15 is 0 Å². The van der Waals surface area contributed by atoms with Gasteiger partial charge in [0.1, 0.15) is 23.5 Å². The molecule has 0 aromatic carbocycles. The summed E-state index contributed by atoms with van der Waals surface area (Å²) < 4.78 is 5.67. The van der Waals surface area contributed by atoms with Crippen LogP contribution in [0.3, 0.4) is 0 Å². The predicted octanol–water partition coefficient (Wildman–Crippen LogP) is 1.96. The third kappa shape index (κ3) is 2.01. The Morgan fingerprint density at radius 1 is 1.28 bits per heavy atom. The van der Waals surface area contributed by atoms with Gasteiger partial charge >= 0.3 is 0 Å². The molecule has 1 aliphatic rings. The SMILES string of the molecule is Cc1nc(N)c(C#N)c(C2CCCCO2)c1C#N. The van der Waals surface area contributed by atoms with Crippen LogP contribution in [0.25, 0.3) is 0 Å². The van der Waals surface area contributed by atoms with E-state index in [-0.39, 0.29) is 17.5 Å². The van der Waals surface area contributed by atoms with E-state index in [2.05, 4.69) is 11.1 Å². The third-order valence-electron chi connectivity index (χ3n) is 3.17. The molecule has 1 aromatic heterocycles. The van der Waals surface area contributed by atoms with Crippen molar-refractivity contribution in [1.29, 1.82) is 10.5 Å². The molecule has 1 aliphatic heterocycles. The number of rotatable bonds is 1. The minimum absolute atomic E-state index is 0.179. The fraction of sp³-hybridized carbons (Fsp3) is 0.462. The van der Waals surface area contributed by atoms with Gasteiger partial charge in [-0.25, -0.2) is 4.98 Å². The fourth-order valence-electron chi connectivity index (χ4n) is 2.30. The van der Waals surface area contributed by atoms with Crippen LogP contribution in [0, 0.1) is 29.6 Å². The highest BCUT2D eigenvalue weighted by atomic mass is 16.5. The molecule has 2 N–H and O–H groups in total. The van der Waals surface area contributed by atoms with Crippen LogP contribution in [0.15, 0.2) is 0 Å². The molecule has 0 aliphatic carbocycles. The molecule has 18 heavy (non-hydrogen) atoms. The van der Waals surface area contributed by atoms with Gasteiger partial charge in [0.2, 0.25) is 0 Å². The maximum absolute atomic E-state index is 9.24. The summed E-state index contributed by atoms with van der Waals surface area (Å²) in [5.74, 6) is 0.179. The molecule has 0 spiro atoms. The van der Waals surface area contributed by atoms with Gasteiger partial charge in [0.25, 0.3) is 0 Å². The summed E-state index contributed by atoms with van der Waals surface area (Å²) in [4.78, 5) is 4.05. The molecule has 5 heteroatoms. The monoisotopic (exact) mass is 242 g/mol. The lowest BCUT2D eigenvalue weighted by Gasteiger charge is -2.25. The number of aryl methyl sites for hydroxylation is 1. The molecule has 5 nitrogen and oxygen atoms in total. The molecule has 1 aromatic rings. The number of aromatic nitrogens is 1. The number of nitrogen functional groups attached to an aromatic ring is 1. The molecule has 0 amide bonds. The quantitative estimate of drug-likeness (QED) is 0.812. The number of nitriles is 2. The van der Waals surface area contributed by atoms with Gasteiger partial charge in [-0.3, -0.25) is 0 Å². The maximum atomic E-state index is 9.24. The summed E-state index contributed by atoms with van der Waals surface area (Å²) in [5.41, 5.74) is 7.64. The predicted molar refractivity (Wildman–Crippen MR) is 65.4 cm³/mol. The van der Waals surface area contributed by atoms with Crippen molar-refractivity contribution in [1.82, 2.24) is 4.98 Å². The van der Waals surface area contributed by atoms with Crippen LogP contribution >= 0.6 is 0 Å². The van der Waals surface area contributed by atoms with E-state index in [9.17, 15) is 10.5 Å². The Labute approximate surface area is 106 Å². The van der Waals surface area contributed by atoms with Crippen molar-refractivity contribution in [2.24, 2.45) is 0 Å². The second kappa shape index (κ2) is 5.03. The number of nitrogens with two attached hydrogens (primary N) is 1. The Bertz CT molecular complexity index is 509. The first-order valence-corrected chi connectivity index (χ1v) is 5.90. The van der Waals surface area contributed by atoms with E-state index in [4.69, 9.17) is 10.5 Å². The summed E-state index contributed by atoms with van der Waals surface area (Å²) in [6.07, 6.45) is 2.64. The molecule has 1 unspecified atom stereocenters. The Morgan fingerprint density at radius 3 is 2.56 bits per heavy atom. The van der Waals surface area contributed by atoms with Crippen molar-refractivity contribution in [3.63, 3.8) is 0 Å². The Morgan fingerprint density at radius 2 is 2.00 bits per heavy atom. The topological polar surface area (TPSA) is 95.7 Å². The van der Waals surface area contributed by atoms with E-state index in [1.54, 1.807) is 6.92 Å². The van der Waals surface area contributed by atoms with Crippen LogP contribution in [-0.2, 0) is 4.74 Å². The second-order valence-corrected chi connectivity index (χ2v) is 4.32. The van der Waals surface area contributed by atoms with Crippen molar-refractivity contribution >= 4 is 5.82 Å². The molecule has 1 atom stereocenters. The Hall–Kier alpha value is -2.11. The molecule has 92 valence electrons. The van der Waals surface area contributed by atoms with Gasteiger partial charge < -0.3 is 10.5 Å². The highest BCUT2D eigenvalue weighted by Crippen LogP contribution is 2.34. The van der Waals surface area contributed by atoms with Gasteiger partial charge in [0.05, 0.1) is 17.4 Å². The first kappa shape index (κ1) is 12.3. The lowest BCUT2D eigenvalue weighted by Crippen LogP contribution is -2.16. The first-order chi connectivity index (χ1) is 8.69. The van der Waals surface area contributed by atoms with Crippen molar-refractivity contribution in [3.8, 4) is 12.1 Å². The Balaban J connectivity index is 2.62. The third-order valence-corrected chi connectivity index (χ3v) is 3.17. The van der Waals surface area contributed by atoms with Gasteiger partial charge in [0.15, 0.2) is 0 Å².